The van der Waals surface area contributed by atoms with E-state index in [9.17, 15) is 4.39 Å². The molecule has 5 heteroatoms. The van der Waals surface area contributed by atoms with Crippen molar-refractivity contribution in [1.82, 2.24) is 4.98 Å². The lowest BCUT2D eigenvalue weighted by molar-refractivity contribution is 0.397. The third-order valence-electron chi connectivity index (χ3n) is 2.32. The van der Waals surface area contributed by atoms with Crippen molar-refractivity contribution in [2.24, 2.45) is 0 Å². The predicted octanol–water partition coefficient (Wildman–Crippen LogP) is 3.10. The van der Waals surface area contributed by atoms with Gasteiger partial charge in [-0.25, -0.2) is 9.37 Å². The van der Waals surface area contributed by atoms with Crippen LogP contribution in [0, 0.1) is 5.82 Å². The van der Waals surface area contributed by atoms with Gasteiger partial charge in [-0.1, -0.05) is 6.07 Å². The molecule has 0 aliphatic carbocycles. The third kappa shape index (κ3) is 3.13. The van der Waals surface area contributed by atoms with Gasteiger partial charge in [-0.15, -0.1) is 11.8 Å². The Labute approximate surface area is 109 Å². The molecule has 0 fully saturated rings. The molecule has 0 amide bonds. The fourth-order valence-corrected chi connectivity index (χ4v) is 2.26. The van der Waals surface area contributed by atoms with Crippen LogP contribution in [0.1, 0.15) is 5.69 Å². The molecule has 0 saturated carbocycles. The molecule has 2 aromatic rings. The maximum atomic E-state index is 13.6. The van der Waals surface area contributed by atoms with Gasteiger partial charge >= 0.3 is 0 Å². The van der Waals surface area contributed by atoms with E-state index in [4.69, 9.17) is 10.5 Å². The third-order valence-corrected chi connectivity index (χ3v) is 3.40. The fraction of sp³-hybridized carbons (Fsp3) is 0.154. The molecule has 1 aromatic carbocycles. The summed E-state index contributed by atoms with van der Waals surface area (Å²) in [5.74, 6) is 0.840. The van der Waals surface area contributed by atoms with Gasteiger partial charge in [-0.05, 0) is 24.3 Å². The summed E-state index contributed by atoms with van der Waals surface area (Å²) in [6, 6.07) is 10.2. The Bertz CT molecular complexity index is 548. The fourth-order valence-electron chi connectivity index (χ4n) is 1.44. The first-order valence-corrected chi connectivity index (χ1v) is 6.35. The number of pyridine rings is 1. The summed E-state index contributed by atoms with van der Waals surface area (Å²) in [6.45, 7) is 0. The number of nitrogen functional groups attached to an aromatic ring is 1. The van der Waals surface area contributed by atoms with Crippen molar-refractivity contribution in [1.29, 1.82) is 0 Å². The molecule has 0 aliphatic heterocycles. The maximum absolute atomic E-state index is 13.6. The number of anilines is 1. The number of nitrogens with zero attached hydrogens (tertiary/aromatic N) is 1. The number of ether oxygens (including phenoxy) is 1. The number of nitrogens with two attached hydrogens (primary N) is 1. The Morgan fingerprint density at radius 1 is 1.33 bits per heavy atom. The normalized spacial score (nSPS) is 10.3. The van der Waals surface area contributed by atoms with Crippen molar-refractivity contribution in [3.63, 3.8) is 0 Å². The van der Waals surface area contributed by atoms with Gasteiger partial charge in [0.05, 0.1) is 12.8 Å². The summed E-state index contributed by atoms with van der Waals surface area (Å²) in [6.07, 6.45) is 0. The van der Waals surface area contributed by atoms with Gasteiger partial charge in [0.2, 0.25) is 5.88 Å². The summed E-state index contributed by atoms with van der Waals surface area (Å²) >= 11 is 1.38. The van der Waals surface area contributed by atoms with Gasteiger partial charge in [0.15, 0.2) is 0 Å². The SMILES string of the molecule is COc1cccc(CSc2ccc(N)cc2F)n1. The molecule has 3 nitrogen and oxygen atoms in total. The van der Waals surface area contributed by atoms with E-state index in [-0.39, 0.29) is 5.82 Å². The molecule has 0 bridgehead atoms. The first-order valence-electron chi connectivity index (χ1n) is 5.37. The highest BCUT2D eigenvalue weighted by molar-refractivity contribution is 7.98. The van der Waals surface area contributed by atoms with Crippen LogP contribution in [-0.2, 0) is 5.75 Å². The van der Waals surface area contributed by atoms with Crippen LogP contribution in [0.25, 0.3) is 0 Å². The Balaban J connectivity index is 2.06. The molecule has 0 atom stereocenters. The summed E-state index contributed by atoms with van der Waals surface area (Å²) in [5.41, 5.74) is 6.76. The van der Waals surface area contributed by atoms with Crippen LogP contribution in [0.4, 0.5) is 10.1 Å². The minimum absolute atomic E-state index is 0.303. The molecule has 0 radical (unpaired) electrons. The monoisotopic (exact) mass is 264 g/mol. The van der Waals surface area contributed by atoms with E-state index in [1.807, 2.05) is 12.1 Å². The lowest BCUT2D eigenvalue weighted by atomic mass is 10.3. The number of aromatic nitrogens is 1. The van der Waals surface area contributed by atoms with E-state index in [0.717, 1.165) is 5.69 Å². The van der Waals surface area contributed by atoms with Crippen LogP contribution in [0.3, 0.4) is 0 Å². The maximum Gasteiger partial charge on any atom is 0.213 e. The Hall–Kier alpha value is -1.75. The Morgan fingerprint density at radius 2 is 2.17 bits per heavy atom. The number of thioether (sulfide) groups is 1. The average Bonchev–Trinajstić information content (AvgIpc) is 2.38. The van der Waals surface area contributed by atoms with E-state index in [1.54, 1.807) is 25.3 Å². The molecule has 0 aliphatic rings. The van der Waals surface area contributed by atoms with Crippen LogP contribution in [0.2, 0.25) is 0 Å². The second-order valence-electron chi connectivity index (χ2n) is 3.65. The zero-order valence-electron chi connectivity index (χ0n) is 9.89. The van der Waals surface area contributed by atoms with E-state index in [1.165, 1.54) is 17.8 Å². The molecular formula is C13H13FN2OS. The smallest absolute Gasteiger partial charge is 0.213 e. The van der Waals surface area contributed by atoms with Crippen molar-refractivity contribution < 1.29 is 9.13 Å². The van der Waals surface area contributed by atoms with E-state index in [0.29, 0.717) is 22.2 Å². The van der Waals surface area contributed by atoms with Crippen LogP contribution in [0.5, 0.6) is 5.88 Å². The van der Waals surface area contributed by atoms with Crippen LogP contribution < -0.4 is 10.5 Å². The quantitative estimate of drug-likeness (QED) is 0.681. The highest BCUT2D eigenvalue weighted by atomic mass is 32.2. The van der Waals surface area contributed by atoms with Crippen molar-refractivity contribution in [3.05, 3.63) is 47.9 Å². The average molecular weight is 264 g/mol. The minimum Gasteiger partial charge on any atom is -0.481 e. The van der Waals surface area contributed by atoms with Gasteiger partial charge in [-0.2, -0.15) is 0 Å². The van der Waals surface area contributed by atoms with Crippen LogP contribution >= 0.6 is 11.8 Å². The Morgan fingerprint density at radius 3 is 2.89 bits per heavy atom. The standard InChI is InChI=1S/C13H13FN2OS/c1-17-13-4-2-3-10(16-13)8-18-12-6-5-9(15)7-11(12)14/h2-7H,8,15H2,1H3. The van der Waals surface area contributed by atoms with Gasteiger partial charge < -0.3 is 10.5 Å². The molecule has 0 unspecified atom stereocenters. The summed E-state index contributed by atoms with van der Waals surface area (Å²) in [7, 11) is 1.57. The highest BCUT2D eigenvalue weighted by Gasteiger charge is 2.05. The summed E-state index contributed by atoms with van der Waals surface area (Å²) in [4.78, 5) is 4.83. The summed E-state index contributed by atoms with van der Waals surface area (Å²) < 4.78 is 18.6. The zero-order chi connectivity index (χ0) is 13.0. The first-order chi connectivity index (χ1) is 8.69. The second-order valence-corrected chi connectivity index (χ2v) is 4.67. The second kappa shape index (κ2) is 5.73. The van der Waals surface area contributed by atoms with E-state index in [2.05, 4.69) is 4.98 Å². The van der Waals surface area contributed by atoms with Gasteiger partial charge in [-0.3, -0.25) is 0 Å². The highest BCUT2D eigenvalue weighted by Crippen LogP contribution is 2.26. The molecule has 1 aromatic heterocycles. The molecule has 2 N–H and O–H groups in total. The van der Waals surface area contributed by atoms with Gasteiger partial charge in [0.1, 0.15) is 5.82 Å². The van der Waals surface area contributed by atoms with Crippen LogP contribution in [0.15, 0.2) is 41.3 Å². The molecule has 94 valence electrons. The van der Waals surface area contributed by atoms with Crippen molar-refractivity contribution in [3.8, 4) is 5.88 Å². The van der Waals surface area contributed by atoms with Gasteiger partial charge in [0, 0.05) is 22.4 Å². The topological polar surface area (TPSA) is 48.1 Å². The molecule has 0 saturated heterocycles. The first kappa shape index (κ1) is 12.7. The van der Waals surface area contributed by atoms with Crippen molar-refractivity contribution in [2.45, 2.75) is 10.6 Å². The van der Waals surface area contributed by atoms with Crippen molar-refractivity contribution >= 4 is 17.4 Å². The zero-order valence-corrected chi connectivity index (χ0v) is 10.7. The van der Waals surface area contributed by atoms with Crippen LogP contribution in [-0.4, -0.2) is 12.1 Å². The number of rotatable bonds is 4. The number of hydrogen-bond acceptors (Lipinski definition) is 4. The predicted molar refractivity (Wildman–Crippen MR) is 71.2 cm³/mol. The number of hydrogen-bond donors (Lipinski definition) is 1. The van der Waals surface area contributed by atoms with E-state index < -0.39 is 0 Å². The lowest BCUT2D eigenvalue weighted by Gasteiger charge is -2.05. The molecule has 2 rings (SSSR count). The Kier molecular flexibility index (Phi) is 4.04. The molecule has 18 heavy (non-hydrogen) atoms. The summed E-state index contributed by atoms with van der Waals surface area (Å²) in [5, 5.41) is 0. The van der Waals surface area contributed by atoms with Crippen molar-refractivity contribution in [2.75, 3.05) is 12.8 Å². The van der Waals surface area contributed by atoms with Gasteiger partial charge in [0.25, 0.3) is 0 Å². The lowest BCUT2D eigenvalue weighted by Crippen LogP contribution is -1.92. The molecular weight excluding hydrogens is 251 g/mol. The van der Waals surface area contributed by atoms with E-state index >= 15 is 0 Å². The largest absolute Gasteiger partial charge is 0.481 e. The molecule has 1 heterocycles. The minimum atomic E-state index is -0.303. The number of halogens is 1. The molecule has 0 spiro atoms. The number of methoxy groups -OCH3 is 1. The number of benzene rings is 1.